The Labute approximate surface area is 96.6 Å². The highest BCUT2D eigenvalue weighted by Crippen LogP contribution is 2.65. The summed E-state index contributed by atoms with van der Waals surface area (Å²) in [6.45, 7) is 4.62. The molecular formula is C14H17Cl. The molecule has 0 radical (unpaired) electrons. The molecule has 0 amide bonds. The van der Waals surface area contributed by atoms with E-state index in [1.165, 1.54) is 24.0 Å². The van der Waals surface area contributed by atoms with Crippen LogP contribution >= 0.6 is 11.6 Å². The Balaban J connectivity index is 2.17. The predicted octanol–water partition coefficient (Wildman–Crippen LogP) is 4.28. The van der Waals surface area contributed by atoms with Crippen LogP contribution in [0.2, 0.25) is 0 Å². The van der Waals surface area contributed by atoms with Crippen molar-refractivity contribution < 1.29 is 0 Å². The molecule has 0 N–H and O–H groups in total. The Kier molecular flexibility index (Phi) is 1.95. The second-order valence-corrected chi connectivity index (χ2v) is 6.04. The van der Waals surface area contributed by atoms with E-state index in [-0.39, 0.29) is 4.87 Å². The Bertz CT molecular complexity index is 396. The SMILES string of the molecule is CC(C)C1C2CCC1(Cl)c1ccccc12. The third kappa shape index (κ3) is 1.09. The second-order valence-electron chi connectivity index (χ2n) is 5.36. The van der Waals surface area contributed by atoms with Crippen LogP contribution in [-0.2, 0) is 4.87 Å². The van der Waals surface area contributed by atoms with Gasteiger partial charge in [0.2, 0.25) is 0 Å². The summed E-state index contributed by atoms with van der Waals surface area (Å²) in [5, 5.41) is 0. The maximum atomic E-state index is 6.89. The second kappa shape index (κ2) is 3.01. The lowest BCUT2D eigenvalue weighted by atomic mass is 9.84. The van der Waals surface area contributed by atoms with Gasteiger partial charge >= 0.3 is 0 Å². The molecule has 15 heavy (non-hydrogen) atoms. The van der Waals surface area contributed by atoms with E-state index >= 15 is 0 Å². The van der Waals surface area contributed by atoms with Crippen LogP contribution in [0.25, 0.3) is 0 Å². The van der Waals surface area contributed by atoms with Gasteiger partial charge in [-0.05, 0) is 41.7 Å². The van der Waals surface area contributed by atoms with Crippen molar-refractivity contribution in [1.29, 1.82) is 0 Å². The van der Waals surface area contributed by atoms with Crippen LogP contribution in [0.15, 0.2) is 24.3 Å². The van der Waals surface area contributed by atoms with Gasteiger partial charge in [-0.2, -0.15) is 0 Å². The zero-order chi connectivity index (χ0) is 10.6. The van der Waals surface area contributed by atoms with Crippen molar-refractivity contribution in [2.24, 2.45) is 11.8 Å². The first-order valence-corrected chi connectivity index (χ1v) is 6.30. The molecule has 0 aromatic heterocycles. The Morgan fingerprint density at radius 3 is 2.73 bits per heavy atom. The van der Waals surface area contributed by atoms with E-state index in [1.807, 2.05) is 0 Å². The summed E-state index contributed by atoms with van der Waals surface area (Å²) in [5.41, 5.74) is 2.94. The van der Waals surface area contributed by atoms with Crippen molar-refractivity contribution in [1.82, 2.24) is 0 Å². The lowest BCUT2D eigenvalue weighted by molar-refractivity contribution is 0.325. The molecular weight excluding hydrogens is 204 g/mol. The van der Waals surface area contributed by atoms with Crippen LogP contribution in [0.1, 0.15) is 43.7 Å². The molecule has 3 rings (SSSR count). The molecule has 1 aromatic rings. The summed E-state index contributed by atoms with van der Waals surface area (Å²) in [5.74, 6) is 2.05. The molecule has 3 atom stereocenters. The molecule has 1 aromatic carbocycles. The zero-order valence-corrected chi connectivity index (χ0v) is 10.1. The van der Waals surface area contributed by atoms with E-state index in [4.69, 9.17) is 11.6 Å². The number of alkyl halides is 1. The lowest BCUT2D eigenvalue weighted by Gasteiger charge is -2.28. The Morgan fingerprint density at radius 2 is 2.07 bits per heavy atom. The third-order valence-corrected chi connectivity index (χ3v) is 4.95. The van der Waals surface area contributed by atoms with Gasteiger partial charge < -0.3 is 0 Å². The van der Waals surface area contributed by atoms with Gasteiger partial charge in [-0.25, -0.2) is 0 Å². The highest BCUT2D eigenvalue weighted by molar-refractivity contribution is 6.25. The maximum absolute atomic E-state index is 6.89. The van der Waals surface area contributed by atoms with E-state index in [9.17, 15) is 0 Å². The van der Waals surface area contributed by atoms with E-state index in [0.29, 0.717) is 11.8 Å². The molecule has 2 bridgehead atoms. The summed E-state index contributed by atoms with van der Waals surface area (Å²) in [7, 11) is 0. The zero-order valence-electron chi connectivity index (χ0n) is 9.33. The normalized spacial score (nSPS) is 37.3. The van der Waals surface area contributed by atoms with Crippen LogP contribution in [0, 0.1) is 11.8 Å². The fourth-order valence-electron chi connectivity index (χ4n) is 3.89. The smallest absolute Gasteiger partial charge is 0.0734 e. The maximum Gasteiger partial charge on any atom is 0.0734 e. The van der Waals surface area contributed by atoms with Crippen LogP contribution in [-0.4, -0.2) is 0 Å². The van der Waals surface area contributed by atoms with Crippen molar-refractivity contribution in [3.8, 4) is 0 Å². The Hall–Kier alpha value is -0.490. The molecule has 0 saturated heterocycles. The number of halogens is 1. The van der Waals surface area contributed by atoms with E-state index in [1.54, 1.807) is 0 Å². The molecule has 0 heterocycles. The van der Waals surface area contributed by atoms with Gasteiger partial charge in [0.15, 0.2) is 0 Å². The molecule has 0 nitrogen and oxygen atoms in total. The molecule has 1 saturated carbocycles. The van der Waals surface area contributed by atoms with Crippen molar-refractivity contribution in [2.75, 3.05) is 0 Å². The van der Waals surface area contributed by atoms with Gasteiger partial charge in [0.25, 0.3) is 0 Å². The number of hydrogen-bond donors (Lipinski definition) is 0. The average molecular weight is 221 g/mol. The first-order valence-electron chi connectivity index (χ1n) is 5.93. The summed E-state index contributed by atoms with van der Waals surface area (Å²) < 4.78 is 0. The molecule has 1 heteroatoms. The lowest BCUT2D eigenvalue weighted by Crippen LogP contribution is -2.24. The highest BCUT2D eigenvalue weighted by atomic mass is 35.5. The van der Waals surface area contributed by atoms with Gasteiger partial charge in [0.05, 0.1) is 4.87 Å². The molecule has 1 fully saturated rings. The number of hydrogen-bond acceptors (Lipinski definition) is 0. The standard InChI is InChI=1S/C14H17Cl/c1-9(2)13-11-7-8-14(13,15)12-6-4-3-5-10(11)12/h3-6,9,11,13H,7-8H2,1-2H3. The first-order chi connectivity index (χ1) is 7.14. The minimum Gasteiger partial charge on any atom is -0.114 e. The quantitative estimate of drug-likeness (QED) is 0.620. The van der Waals surface area contributed by atoms with Crippen molar-refractivity contribution >= 4 is 11.6 Å². The summed E-state index contributed by atoms with van der Waals surface area (Å²) in [6.07, 6.45) is 2.45. The minimum atomic E-state index is -0.0462. The monoisotopic (exact) mass is 220 g/mol. The Morgan fingerprint density at radius 1 is 1.33 bits per heavy atom. The molecule has 0 aliphatic heterocycles. The number of fused-ring (bicyclic) bond motifs is 5. The fraction of sp³-hybridized carbons (Fsp3) is 0.571. The van der Waals surface area contributed by atoms with E-state index in [2.05, 4.69) is 38.1 Å². The van der Waals surface area contributed by atoms with Gasteiger partial charge in [0.1, 0.15) is 0 Å². The van der Waals surface area contributed by atoms with Gasteiger partial charge in [-0.1, -0.05) is 38.1 Å². The fourth-order valence-corrected chi connectivity index (χ4v) is 4.57. The average Bonchev–Trinajstić information content (AvgIpc) is 2.68. The molecule has 3 unspecified atom stereocenters. The number of benzene rings is 1. The summed E-state index contributed by atoms with van der Waals surface area (Å²) >= 11 is 6.89. The van der Waals surface area contributed by atoms with Crippen molar-refractivity contribution in [3.05, 3.63) is 35.4 Å². The molecule has 80 valence electrons. The van der Waals surface area contributed by atoms with Gasteiger partial charge in [0, 0.05) is 0 Å². The van der Waals surface area contributed by atoms with Gasteiger partial charge in [-0.15, -0.1) is 11.6 Å². The highest BCUT2D eigenvalue weighted by Gasteiger charge is 2.56. The van der Waals surface area contributed by atoms with E-state index < -0.39 is 0 Å². The van der Waals surface area contributed by atoms with Crippen molar-refractivity contribution in [2.45, 2.75) is 37.5 Å². The van der Waals surface area contributed by atoms with Crippen LogP contribution in [0.3, 0.4) is 0 Å². The van der Waals surface area contributed by atoms with Gasteiger partial charge in [-0.3, -0.25) is 0 Å². The summed E-state index contributed by atoms with van der Waals surface area (Å²) in [6, 6.07) is 8.79. The predicted molar refractivity (Wildman–Crippen MR) is 64.3 cm³/mol. The summed E-state index contributed by atoms with van der Waals surface area (Å²) in [4.78, 5) is -0.0462. The van der Waals surface area contributed by atoms with Crippen LogP contribution < -0.4 is 0 Å². The third-order valence-electron chi connectivity index (χ3n) is 4.31. The largest absolute Gasteiger partial charge is 0.114 e. The number of rotatable bonds is 1. The van der Waals surface area contributed by atoms with Crippen molar-refractivity contribution in [3.63, 3.8) is 0 Å². The molecule has 2 aliphatic rings. The molecule has 0 spiro atoms. The van der Waals surface area contributed by atoms with Crippen LogP contribution in [0.4, 0.5) is 0 Å². The van der Waals surface area contributed by atoms with E-state index in [0.717, 1.165) is 5.92 Å². The minimum absolute atomic E-state index is 0.0462. The topological polar surface area (TPSA) is 0 Å². The first kappa shape index (κ1) is 9.72. The van der Waals surface area contributed by atoms with Crippen LogP contribution in [0.5, 0.6) is 0 Å². The molecule has 2 aliphatic carbocycles.